The van der Waals surface area contributed by atoms with Gasteiger partial charge in [0.25, 0.3) is 0 Å². The molecule has 2 atom stereocenters. The van der Waals surface area contributed by atoms with Gasteiger partial charge in [0, 0.05) is 13.1 Å². The normalized spacial score (nSPS) is 24.5. The van der Waals surface area contributed by atoms with Gasteiger partial charge in [-0.2, -0.15) is 0 Å². The number of piperidine rings is 1. The molecule has 3 heteroatoms. The van der Waals surface area contributed by atoms with Gasteiger partial charge in [0.1, 0.15) is 0 Å². The lowest BCUT2D eigenvalue weighted by Crippen LogP contribution is -2.48. The molecule has 0 aromatic rings. The third-order valence-corrected chi connectivity index (χ3v) is 3.04. The van der Waals surface area contributed by atoms with Crippen LogP contribution in [0.4, 0.5) is 0 Å². The van der Waals surface area contributed by atoms with E-state index >= 15 is 0 Å². The van der Waals surface area contributed by atoms with Crippen LogP contribution >= 0.6 is 0 Å². The van der Waals surface area contributed by atoms with E-state index in [4.69, 9.17) is 0 Å². The Morgan fingerprint density at radius 2 is 2.47 bits per heavy atom. The van der Waals surface area contributed by atoms with E-state index in [-0.39, 0.29) is 11.9 Å². The van der Waals surface area contributed by atoms with Crippen molar-refractivity contribution < 1.29 is 4.79 Å². The summed E-state index contributed by atoms with van der Waals surface area (Å²) in [6, 6.07) is -0.00676. The van der Waals surface area contributed by atoms with Gasteiger partial charge < -0.3 is 5.32 Å². The lowest BCUT2D eigenvalue weighted by atomic mass is 9.99. The van der Waals surface area contributed by atoms with E-state index in [1.807, 2.05) is 6.92 Å². The highest BCUT2D eigenvalue weighted by atomic mass is 16.2. The van der Waals surface area contributed by atoms with Crippen molar-refractivity contribution in [2.45, 2.75) is 32.7 Å². The third kappa shape index (κ3) is 3.67. The number of hydrogen-bond acceptors (Lipinski definition) is 2. The van der Waals surface area contributed by atoms with Crippen LogP contribution in [0.1, 0.15) is 26.7 Å². The van der Waals surface area contributed by atoms with Gasteiger partial charge in [-0.1, -0.05) is 13.0 Å². The number of likely N-dealkylation sites (tertiary alicyclic amines) is 1. The standard InChI is InChI=1S/C12H22N2O/c1-4-7-13-12(15)11(3)14-8-5-6-10(2)9-14/h4,10-11H,1,5-9H2,2-3H3,(H,13,15)/t10-,11-/m1/s1. The van der Waals surface area contributed by atoms with Crippen molar-refractivity contribution in [3.8, 4) is 0 Å². The predicted molar refractivity (Wildman–Crippen MR) is 62.6 cm³/mol. The number of amides is 1. The van der Waals surface area contributed by atoms with E-state index in [0.29, 0.717) is 12.5 Å². The fourth-order valence-corrected chi connectivity index (χ4v) is 2.06. The third-order valence-electron chi connectivity index (χ3n) is 3.04. The Labute approximate surface area is 92.5 Å². The Morgan fingerprint density at radius 3 is 3.07 bits per heavy atom. The van der Waals surface area contributed by atoms with Crippen LogP contribution in [0, 0.1) is 5.92 Å². The molecule has 0 saturated carbocycles. The summed E-state index contributed by atoms with van der Waals surface area (Å²) < 4.78 is 0. The van der Waals surface area contributed by atoms with E-state index in [1.165, 1.54) is 12.8 Å². The topological polar surface area (TPSA) is 32.3 Å². The van der Waals surface area contributed by atoms with Gasteiger partial charge in [0.15, 0.2) is 0 Å². The lowest BCUT2D eigenvalue weighted by Gasteiger charge is -2.34. The summed E-state index contributed by atoms with van der Waals surface area (Å²) in [5.74, 6) is 0.831. The molecule has 0 aromatic heterocycles. The monoisotopic (exact) mass is 210 g/mol. The molecule has 1 amide bonds. The number of nitrogens with zero attached hydrogens (tertiary/aromatic N) is 1. The first-order valence-electron chi connectivity index (χ1n) is 5.77. The molecule has 0 radical (unpaired) electrons. The first-order chi connectivity index (χ1) is 7.15. The van der Waals surface area contributed by atoms with Gasteiger partial charge in [0.2, 0.25) is 5.91 Å². The van der Waals surface area contributed by atoms with Crippen LogP contribution in [0.25, 0.3) is 0 Å². The van der Waals surface area contributed by atoms with Crippen molar-refractivity contribution >= 4 is 5.91 Å². The number of nitrogens with one attached hydrogen (secondary N) is 1. The zero-order valence-electron chi connectivity index (χ0n) is 9.83. The molecule has 0 bridgehead atoms. The first-order valence-corrected chi connectivity index (χ1v) is 5.77. The largest absolute Gasteiger partial charge is 0.351 e. The van der Waals surface area contributed by atoms with Gasteiger partial charge in [-0.15, -0.1) is 6.58 Å². The van der Waals surface area contributed by atoms with Crippen LogP contribution in [0.3, 0.4) is 0 Å². The summed E-state index contributed by atoms with van der Waals surface area (Å²) in [6.45, 7) is 10.5. The number of carbonyl (C=O) groups is 1. The summed E-state index contributed by atoms with van der Waals surface area (Å²) in [6.07, 6.45) is 4.21. The first kappa shape index (κ1) is 12.2. The molecule has 0 spiro atoms. The maximum atomic E-state index is 11.7. The van der Waals surface area contributed by atoms with E-state index in [1.54, 1.807) is 6.08 Å². The molecular formula is C12H22N2O. The van der Waals surface area contributed by atoms with Crippen molar-refractivity contribution in [3.05, 3.63) is 12.7 Å². The summed E-state index contributed by atoms with van der Waals surface area (Å²) in [7, 11) is 0. The van der Waals surface area contributed by atoms with E-state index < -0.39 is 0 Å². The number of hydrogen-bond donors (Lipinski definition) is 1. The molecule has 0 unspecified atom stereocenters. The van der Waals surface area contributed by atoms with Crippen molar-refractivity contribution in [1.82, 2.24) is 10.2 Å². The quantitative estimate of drug-likeness (QED) is 0.712. The van der Waals surface area contributed by atoms with Crippen molar-refractivity contribution in [2.75, 3.05) is 19.6 Å². The fraction of sp³-hybridized carbons (Fsp3) is 0.750. The van der Waals surface area contributed by atoms with Crippen LogP contribution < -0.4 is 5.32 Å². The average Bonchev–Trinajstić information content (AvgIpc) is 2.24. The van der Waals surface area contributed by atoms with E-state index in [9.17, 15) is 4.79 Å². The minimum absolute atomic E-state index is 0.00676. The van der Waals surface area contributed by atoms with Crippen LogP contribution in [-0.2, 0) is 4.79 Å². The molecule has 1 rings (SSSR count). The zero-order valence-corrected chi connectivity index (χ0v) is 9.83. The second-order valence-corrected chi connectivity index (χ2v) is 4.45. The summed E-state index contributed by atoms with van der Waals surface area (Å²) in [5.41, 5.74) is 0. The molecule has 0 aliphatic carbocycles. The maximum Gasteiger partial charge on any atom is 0.237 e. The summed E-state index contributed by atoms with van der Waals surface area (Å²) in [4.78, 5) is 14.0. The maximum absolute atomic E-state index is 11.7. The SMILES string of the molecule is C=CCNC(=O)[C@@H](C)N1CCC[C@@H](C)C1. The second-order valence-electron chi connectivity index (χ2n) is 4.45. The molecule has 1 fully saturated rings. The second kappa shape index (κ2) is 5.91. The van der Waals surface area contributed by atoms with Crippen molar-refractivity contribution in [3.63, 3.8) is 0 Å². The van der Waals surface area contributed by atoms with E-state index in [2.05, 4.69) is 23.7 Å². The van der Waals surface area contributed by atoms with E-state index in [0.717, 1.165) is 13.1 Å². The Balaban J connectivity index is 2.40. The Morgan fingerprint density at radius 1 is 1.73 bits per heavy atom. The molecule has 1 aliphatic rings. The van der Waals surface area contributed by atoms with Gasteiger partial charge >= 0.3 is 0 Å². The van der Waals surface area contributed by atoms with Crippen molar-refractivity contribution in [2.24, 2.45) is 5.92 Å². The molecule has 0 aromatic carbocycles. The minimum Gasteiger partial charge on any atom is -0.351 e. The number of rotatable bonds is 4. The fourth-order valence-electron chi connectivity index (χ4n) is 2.06. The molecule has 1 aliphatic heterocycles. The Hall–Kier alpha value is -0.830. The molecule has 1 N–H and O–H groups in total. The predicted octanol–water partition coefficient (Wildman–Crippen LogP) is 1.41. The lowest BCUT2D eigenvalue weighted by molar-refractivity contribution is -0.126. The molecular weight excluding hydrogens is 188 g/mol. The van der Waals surface area contributed by atoms with Crippen LogP contribution in [0.2, 0.25) is 0 Å². The smallest absolute Gasteiger partial charge is 0.237 e. The Kier molecular flexibility index (Phi) is 4.82. The molecule has 1 heterocycles. The highest BCUT2D eigenvalue weighted by Gasteiger charge is 2.24. The Bertz CT molecular complexity index is 228. The summed E-state index contributed by atoms with van der Waals surface area (Å²) in [5, 5.41) is 2.85. The van der Waals surface area contributed by atoms with Gasteiger partial charge in [-0.05, 0) is 32.2 Å². The van der Waals surface area contributed by atoms with Gasteiger partial charge in [-0.3, -0.25) is 9.69 Å². The van der Waals surface area contributed by atoms with Crippen LogP contribution in [0.5, 0.6) is 0 Å². The molecule has 3 nitrogen and oxygen atoms in total. The van der Waals surface area contributed by atoms with Gasteiger partial charge in [0.05, 0.1) is 6.04 Å². The highest BCUT2D eigenvalue weighted by molar-refractivity contribution is 5.81. The van der Waals surface area contributed by atoms with Crippen LogP contribution in [-0.4, -0.2) is 36.5 Å². The zero-order chi connectivity index (χ0) is 11.3. The molecule has 86 valence electrons. The summed E-state index contributed by atoms with van der Waals surface area (Å²) >= 11 is 0. The number of carbonyl (C=O) groups excluding carboxylic acids is 1. The highest BCUT2D eigenvalue weighted by Crippen LogP contribution is 2.17. The average molecular weight is 210 g/mol. The van der Waals surface area contributed by atoms with Crippen molar-refractivity contribution in [1.29, 1.82) is 0 Å². The van der Waals surface area contributed by atoms with Crippen LogP contribution in [0.15, 0.2) is 12.7 Å². The molecule has 1 saturated heterocycles. The minimum atomic E-state index is -0.00676. The molecule has 15 heavy (non-hydrogen) atoms. The van der Waals surface area contributed by atoms with Gasteiger partial charge in [-0.25, -0.2) is 0 Å².